The average Bonchev–Trinajstić information content (AvgIpc) is 1.58. The molecular formula is C115H92N4. The molecule has 0 bridgehead atoms. The molecule has 17 aromatic carbocycles. The van der Waals surface area contributed by atoms with Crippen molar-refractivity contribution in [1.29, 1.82) is 0 Å². The number of para-hydroxylation sites is 3. The Balaban J connectivity index is 0.000000148. The molecule has 3 aliphatic carbocycles. The highest BCUT2D eigenvalue weighted by atomic mass is 15.2. The van der Waals surface area contributed by atoms with E-state index in [0.717, 1.165) is 34.1 Å². The van der Waals surface area contributed by atoms with Crippen molar-refractivity contribution in [2.24, 2.45) is 0 Å². The molecule has 2 heterocycles. The van der Waals surface area contributed by atoms with Gasteiger partial charge in [-0.25, -0.2) is 0 Å². The normalized spacial score (nSPS) is 13.6. The number of fused-ring (bicyclic) bond motifs is 15. The van der Waals surface area contributed by atoms with E-state index in [1.165, 1.54) is 172 Å². The summed E-state index contributed by atoms with van der Waals surface area (Å²) in [6.07, 6.45) is 0. The van der Waals surface area contributed by atoms with Crippen molar-refractivity contribution in [3.05, 3.63) is 433 Å². The van der Waals surface area contributed by atoms with Gasteiger partial charge >= 0.3 is 0 Å². The van der Waals surface area contributed by atoms with Crippen LogP contribution >= 0.6 is 0 Å². The summed E-state index contributed by atoms with van der Waals surface area (Å²) in [5, 5.41) is 5.02. The van der Waals surface area contributed by atoms with Crippen LogP contribution in [0.25, 0.3) is 133 Å². The maximum absolute atomic E-state index is 2.45. The van der Waals surface area contributed by atoms with E-state index in [0.29, 0.717) is 0 Å². The van der Waals surface area contributed by atoms with Crippen molar-refractivity contribution < 1.29 is 0 Å². The number of benzene rings is 17. The number of rotatable bonds is 12. The number of nitrogens with zero attached hydrogens (tertiary/aromatic N) is 4. The number of anilines is 6. The van der Waals surface area contributed by atoms with Crippen LogP contribution in [-0.2, 0) is 21.7 Å². The standard InChI is InChI=1S/C60H46N2.C55H46N2/c1-59(2)54-20-12-9-17-48(54)51-36-41(26-34-55(51)59)39-22-28-44(29-23-39)61(46-32-33-49-47-16-8-11-19-53(47)60(3,4)56(49)38-46)45-30-24-40(25-31-45)42-27-35-58-52(37-42)50-18-10-13-21-57(50)62(58)43-14-6-5-7-15-43;1-54(2,3)41-27-33-43(34-28-41)56(52-21-13-19-49-53(52)46-17-9-11-18-48(46)55(49,4)5)42-29-24-39(25-30-42)40-26-35-51-47(36-40)45-16-10-12-20-50(45)57(51)44-31-22-38(23-32-44)37-14-7-6-8-15-37/h5-38H,1-4H3;6-36H,1-5H3. The zero-order chi connectivity index (χ0) is 80.6. The van der Waals surface area contributed by atoms with Gasteiger partial charge in [0, 0.05) is 83.2 Å². The van der Waals surface area contributed by atoms with Crippen molar-refractivity contribution in [3.63, 3.8) is 0 Å². The number of aromatic nitrogens is 2. The Kier molecular flexibility index (Phi) is 17.2. The second-order valence-electron chi connectivity index (χ2n) is 35.2. The molecule has 0 spiro atoms. The van der Waals surface area contributed by atoms with Crippen LogP contribution in [0.1, 0.15) is 101 Å². The topological polar surface area (TPSA) is 16.3 Å². The number of hydrogen-bond donors (Lipinski definition) is 0. The molecule has 2 aromatic heterocycles. The molecule has 4 heteroatoms. The van der Waals surface area contributed by atoms with Gasteiger partial charge in [-0.2, -0.15) is 0 Å². The molecule has 0 saturated carbocycles. The van der Waals surface area contributed by atoms with Crippen molar-refractivity contribution in [3.8, 4) is 89.3 Å². The first-order chi connectivity index (χ1) is 57.9. The molecule has 19 aromatic rings. The van der Waals surface area contributed by atoms with Crippen molar-refractivity contribution in [1.82, 2.24) is 9.13 Å². The molecule has 0 fully saturated rings. The molecule has 0 N–H and O–H groups in total. The van der Waals surface area contributed by atoms with Crippen LogP contribution in [-0.4, -0.2) is 9.13 Å². The van der Waals surface area contributed by atoms with Crippen LogP contribution in [0.5, 0.6) is 0 Å². The summed E-state index contributed by atoms with van der Waals surface area (Å²) in [6, 6.07) is 146. The molecule has 119 heavy (non-hydrogen) atoms. The Morgan fingerprint density at radius 2 is 0.571 bits per heavy atom. The predicted molar refractivity (Wildman–Crippen MR) is 504 cm³/mol. The maximum Gasteiger partial charge on any atom is 0.0543 e. The van der Waals surface area contributed by atoms with Gasteiger partial charge in [0.2, 0.25) is 0 Å². The van der Waals surface area contributed by atoms with Gasteiger partial charge in [0.25, 0.3) is 0 Å². The first-order valence-electron chi connectivity index (χ1n) is 41.9. The minimum absolute atomic E-state index is 0.00824. The van der Waals surface area contributed by atoms with E-state index in [1.807, 2.05) is 0 Å². The van der Waals surface area contributed by atoms with Crippen LogP contribution in [0.2, 0.25) is 0 Å². The molecule has 3 aliphatic rings. The van der Waals surface area contributed by atoms with Crippen molar-refractivity contribution in [2.45, 2.75) is 84.0 Å². The summed E-state index contributed by atoms with van der Waals surface area (Å²) in [5.41, 5.74) is 41.2. The first kappa shape index (κ1) is 72.6. The molecule has 0 saturated heterocycles. The zero-order valence-electron chi connectivity index (χ0n) is 68.8. The Morgan fingerprint density at radius 3 is 1.12 bits per heavy atom. The molecule has 0 amide bonds. The van der Waals surface area contributed by atoms with E-state index in [1.54, 1.807) is 0 Å². The van der Waals surface area contributed by atoms with Gasteiger partial charge in [-0.05, 0) is 250 Å². The monoisotopic (exact) mass is 1530 g/mol. The van der Waals surface area contributed by atoms with Crippen molar-refractivity contribution >= 4 is 77.7 Å². The van der Waals surface area contributed by atoms with E-state index in [-0.39, 0.29) is 21.7 Å². The van der Waals surface area contributed by atoms with Crippen LogP contribution < -0.4 is 9.80 Å². The molecule has 22 rings (SSSR count). The van der Waals surface area contributed by atoms with Gasteiger partial charge in [0.05, 0.1) is 27.8 Å². The predicted octanol–water partition coefficient (Wildman–Crippen LogP) is 31.4. The van der Waals surface area contributed by atoms with E-state index in [4.69, 9.17) is 0 Å². The molecular weight excluding hydrogens is 1440 g/mol. The van der Waals surface area contributed by atoms with Gasteiger partial charge in [-0.3, -0.25) is 0 Å². The van der Waals surface area contributed by atoms with Crippen LogP contribution in [0, 0.1) is 0 Å². The minimum atomic E-state index is -0.107. The summed E-state index contributed by atoms with van der Waals surface area (Å²) in [4.78, 5) is 4.87. The highest BCUT2D eigenvalue weighted by Crippen LogP contribution is 2.56. The largest absolute Gasteiger partial charge is 0.310 e. The van der Waals surface area contributed by atoms with Crippen molar-refractivity contribution in [2.75, 3.05) is 9.80 Å². The van der Waals surface area contributed by atoms with Gasteiger partial charge in [-0.1, -0.05) is 323 Å². The molecule has 0 aliphatic heterocycles. The first-order valence-corrected chi connectivity index (χ1v) is 41.9. The Labute approximate surface area is 698 Å². The van der Waals surface area contributed by atoms with Crippen LogP contribution in [0.3, 0.4) is 0 Å². The summed E-state index contributed by atoms with van der Waals surface area (Å²) in [5.74, 6) is 0. The summed E-state index contributed by atoms with van der Waals surface area (Å²) < 4.78 is 4.77. The third-order valence-corrected chi connectivity index (χ3v) is 26.2. The third-order valence-electron chi connectivity index (χ3n) is 26.2. The van der Waals surface area contributed by atoms with E-state index in [2.05, 4.69) is 476 Å². The second kappa shape index (κ2) is 28.1. The average molecular weight is 1530 g/mol. The quantitative estimate of drug-likeness (QED) is 0.121. The fourth-order valence-electron chi connectivity index (χ4n) is 19.9. The van der Waals surface area contributed by atoms with Crippen LogP contribution in [0.15, 0.2) is 394 Å². The lowest BCUT2D eigenvalue weighted by Gasteiger charge is -2.29. The van der Waals surface area contributed by atoms with E-state index < -0.39 is 0 Å². The fraction of sp³-hybridized carbons (Fsp3) is 0.113. The Bertz CT molecular complexity index is 7170. The summed E-state index contributed by atoms with van der Waals surface area (Å²) in [7, 11) is 0. The molecule has 4 nitrogen and oxygen atoms in total. The van der Waals surface area contributed by atoms with Crippen LogP contribution in [0.4, 0.5) is 34.1 Å². The molecule has 0 unspecified atom stereocenters. The molecule has 572 valence electrons. The zero-order valence-corrected chi connectivity index (χ0v) is 68.8. The lowest BCUT2D eigenvalue weighted by molar-refractivity contribution is 0.590. The second-order valence-corrected chi connectivity index (χ2v) is 35.2. The van der Waals surface area contributed by atoms with E-state index in [9.17, 15) is 0 Å². The lowest BCUT2D eigenvalue weighted by Crippen LogP contribution is -2.16. The SMILES string of the molecule is CC(C)(C)c1ccc(N(c2ccc(-c3ccc4c(c3)c3ccccc3n4-c3ccc(-c4ccccc4)cc3)cc2)c2cccc3c2-c2ccccc2C3(C)C)cc1.CC1(C)c2ccccc2-c2cc(-c3ccc(N(c4ccc(-c5ccc6c(c5)c5ccccc5n6-c5ccccc5)cc4)c4ccc5c(c4)C(C)(C)c4ccccc4-5)cc3)ccc21. The van der Waals surface area contributed by atoms with Gasteiger partial charge in [0.1, 0.15) is 0 Å². The maximum atomic E-state index is 2.45. The minimum Gasteiger partial charge on any atom is -0.310 e. The van der Waals surface area contributed by atoms with E-state index >= 15 is 0 Å². The number of hydrogen-bond acceptors (Lipinski definition) is 2. The molecule has 0 atom stereocenters. The van der Waals surface area contributed by atoms with Gasteiger partial charge in [0.15, 0.2) is 0 Å². The summed E-state index contributed by atoms with van der Waals surface area (Å²) in [6.45, 7) is 21.0. The van der Waals surface area contributed by atoms with Gasteiger partial charge < -0.3 is 18.9 Å². The van der Waals surface area contributed by atoms with Gasteiger partial charge in [-0.15, -0.1) is 0 Å². The third kappa shape index (κ3) is 12.1. The highest BCUT2D eigenvalue weighted by Gasteiger charge is 2.40. The Hall–Kier alpha value is -14.1. The molecule has 0 radical (unpaired) electrons. The highest BCUT2D eigenvalue weighted by molar-refractivity contribution is 6.12. The summed E-state index contributed by atoms with van der Waals surface area (Å²) >= 11 is 0. The fourth-order valence-corrected chi connectivity index (χ4v) is 19.9. The lowest BCUT2D eigenvalue weighted by atomic mass is 9.82. The Morgan fingerprint density at radius 1 is 0.218 bits per heavy atom. The smallest absolute Gasteiger partial charge is 0.0543 e.